The molecule has 0 bridgehead atoms. The molecule has 2 rings (SSSR count). The fourth-order valence-electron chi connectivity index (χ4n) is 1.15. The van der Waals surface area contributed by atoms with E-state index >= 15 is 0 Å². The predicted molar refractivity (Wildman–Crippen MR) is 44.4 cm³/mol. The lowest BCUT2D eigenvalue weighted by Crippen LogP contribution is -2.28. The molecule has 1 aliphatic rings. The summed E-state index contributed by atoms with van der Waals surface area (Å²) in [5.41, 5.74) is 0. The van der Waals surface area contributed by atoms with Gasteiger partial charge in [0.2, 0.25) is 0 Å². The van der Waals surface area contributed by atoms with Crippen molar-refractivity contribution in [3.63, 3.8) is 0 Å². The van der Waals surface area contributed by atoms with Crippen molar-refractivity contribution in [1.29, 1.82) is 0 Å². The first-order valence-corrected chi connectivity index (χ1v) is 4.14. The Bertz CT molecular complexity index is 275. The maximum Gasteiger partial charge on any atom is 0.257 e. The zero-order valence-corrected chi connectivity index (χ0v) is 6.99. The van der Waals surface area contributed by atoms with Gasteiger partial charge in [0.15, 0.2) is 5.75 Å². The molecule has 0 unspecified atom stereocenters. The Labute approximate surface area is 71.3 Å². The Hall–Kier alpha value is -1.25. The van der Waals surface area contributed by atoms with Gasteiger partial charge in [-0.1, -0.05) is 6.92 Å². The van der Waals surface area contributed by atoms with E-state index in [-0.39, 0.29) is 6.10 Å². The number of rotatable bonds is 1. The van der Waals surface area contributed by atoms with Crippen LogP contribution in [0.15, 0.2) is 18.3 Å². The van der Waals surface area contributed by atoms with Crippen LogP contribution in [-0.2, 0) is 0 Å². The smallest absolute Gasteiger partial charge is 0.257 e. The van der Waals surface area contributed by atoms with Crippen LogP contribution in [0.5, 0.6) is 11.6 Å². The third-order valence-corrected chi connectivity index (χ3v) is 1.89. The summed E-state index contributed by atoms with van der Waals surface area (Å²) in [7, 11) is 0. The molecular weight excluding hydrogens is 154 g/mol. The number of hydrogen-bond donors (Lipinski definition) is 0. The topological polar surface area (TPSA) is 31.4 Å². The zero-order chi connectivity index (χ0) is 8.39. The van der Waals surface area contributed by atoms with Crippen LogP contribution >= 0.6 is 0 Å². The van der Waals surface area contributed by atoms with Crippen molar-refractivity contribution in [2.45, 2.75) is 19.4 Å². The zero-order valence-electron chi connectivity index (χ0n) is 6.99. The minimum atomic E-state index is 0.160. The van der Waals surface area contributed by atoms with Gasteiger partial charge in [-0.2, -0.15) is 0 Å². The largest absolute Gasteiger partial charge is 0.484 e. The number of nitrogens with zero attached hydrogens (tertiary/aromatic N) is 1. The third-order valence-electron chi connectivity index (χ3n) is 1.89. The molecule has 0 radical (unpaired) electrons. The lowest BCUT2D eigenvalue weighted by atomic mass is 10.3. The second kappa shape index (κ2) is 3.01. The van der Waals surface area contributed by atoms with E-state index in [0.717, 1.165) is 12.2 Å². The van der Waals surface area contributed by atoms with Crippen LogP contribution in [0.4, 0.5) is 0 Å². The number of aromatic nitrogens is 1. The van der Waals surface area contributed by atoms with Gasteiger partial charge in [0, 0.05) is 6.20 Å². The highest BCUT2D eigenvalue weighted by atomic mass is 16.6. The molecule has 1 aliphatic heterocycles. The van der Waals surface area contributed by atoms with Crippen molar-refractivity contribution < 1.29 is 9.47 Å². The van der Waals surface area contributed by atoms with Crippen LogP contribution in [0.3, 0.4) is 0 Å². The second-order valence-electron chi connectivity index (χ2n) is 2.77. The molecule has 64 valence electrons. The molecule has 1 aromatic heterocycles. The molecule has 0 aliphatic carbocycles. The lowest BCUT2D eigenvalue weighted by molar-refractivity contribution is 0.0825. The maximum atomic E-state index is 5.54. The van der Waals surface area contributed by atoms with Gasteiger partial charge in [-0.05, 0) is 18.6 Å². The molecule has 0 aromatic carbocycles. The van der Waals surface area contributed by atoms with Crippen molar-refractivity contribution in [3.05, 3.63) is 18.3 Å². The van der Waals surface area contributed by atoms with E-state index in [9.17, 15) is 0 Å². The SMILES string of the molecule is CC[C@H]1COc2cccnc2O1. The van der Waals surface area contributed by atoms with Gasteiger partial charge >= 0.3 is 0 Å². The number of hydrogen-bond acceptors (Lipinski definition) is 3. The molecule has 3 heteroatoms. The Kier molecular flexibility index (Phi) is 1.86. The van der Waals surface area contributed by atoms with Gasteiger partial charge in [0.25, 0.3) is 5.88 Å². The first-order chi connectivity index (χ1) is 5.90. The molecule has 1 aromatic rings. The maximum absolute atomic E-state index is 5.54. The molecular formula is C9H11NO2. The standard InChI is InChI=1S/C9H11NO2/c1-2-7-6-11-8-4-3-5-10-9(8)12-7/h3-5,7H,2,6H2,1H3/t7-/m0/s1. The average Bonchev–Trinajstić information content (AvgIpc) is 2.17. The van der Waals surface area contributed by atoms with Gasteiger partial charge < -0.3 is 9.47 Å². The van der Waals surface area contributed by atoms with Crippen molar-refractivity contribution in [1.82, 2.24) is 4.98 Å². The van der Waals surface area contributed by atoms with E-state index < -0.39 is 0 Å². The highest BCUT2D eigenvalue weighted by Gasteiger charge is 2.19. The molecule has 0 fully saturated rings. The molecule has 3 nitrogen and oxygen atoms in total. The van der Waals surface area contributed by atoms with Crippen LogP contribution in [-0.4, -0.2) is 17.7 Å². The average molecular weight is 165 g/mol. The number of ether oxygens (including phenoxy) is 2. The lowest BCUT2D eigenvalue weighted by Gasteiger charge is -2.24. The summed E-state index contributed by atoms with van der Waals surface area (Å²) in [5, 5.41) is 0. The molecule has 0 saturated carbocycles. The minimum Gasteiger partial charge on any atom is -0.484 e. The van der Waals surface area contributed by atoms with Crippen LogP contribution in [0.25, 0.3) is 0 Å². The van der Waals surface area contributed by atoms with E-state index in [4.69, 9.17) is 9.47 Å². The molecule has 0 saturated heterocycles. The molecule has 2 heterocycles. The third kappa shape index (κ3) is 1.22. The molecule has 12 heavy (non-hydrogen) atoms. The van der Waals surface area contributed by atoms with E-state index in [1.54, 1.807) is 6.20 Å². The summed E-state index contributed by atoms with van der Waals surface area (Å²) in [5.74, 6) is 1.37. The van der Waals surface area contributed by atoms with E-state index in [0.29, 0.717) is 12.5 Å². The fraction of sp³-hybridized carbons (Fsp3) is 0.444. The Morgan fingerprint density at radius 1 is 1.67 bits per heavy atom. The Balaban J connectivity index is 2.23. The summed E-state index contributed by atoms with van der Waals surface area (Å²) in [6.07, 6.45) is 2.82. The van der Waals surface area contributed by atoms with E-state index in [1.165, 1.54) is 0 Å². The van der Waals surface area contributed by atoms with Crippen LogP contribution in [0.2, 0.25) is 0 Å². The van der Waals surface area contributed by atoms with E-state index in [1.807, 2.05) is 12.1 Å². The van der Waals surface area contributed by atoms with Gasteiger partial charge in [-0.3, -0.25) is 0 Å². The molecule has 0 spiro atoms. The highest BCUT2D eigenvalue weighted by Crippen LogP contribution is 2.28. The van der Waals surface area contributed by atoms with Gasteiger partial charge in [0.1, 0.15) is 12.7 Å². The Morgan fingerprint density at radius 3 is 3.42 bits per heavy atom. The molecule has 0 N–H and O–H groups in total. The van der Waals surface area contributed by atoms with Crippen molar-refractivity contribution in [2.75, 3.05) is 6.61 Å². The summed E-state index contributed by atoms with van der Waals surface area (Å²) < 4.78 is 11.0. The highest BCUT2D eigenvalue weighted by molar-refractivity contribution is 5.33. The molecule has 0 amide bonds. The van der Waals surface area contributed by atoms with Gasteiger partial charge in [0.05, 0.1) is 0 Å². The minimum absolute atomic E-state index is 0.160. The summed E-state index contributed by atoms with van der Waals surface area (Å²) in [4.78, 5) is 4.07. The van der Waals surface area contributed by atoms with Crippen molar-refractivity contribution in [3.8, 4) is 11.6 Å². The molecule has 1 atom stereocenters. The van der Waals surface area contributed by atoms with Crippen LogP contribution in [0, 0.1) is 0 Å². The number of pyridine rings is 1. The summed E-state index contributed by atoms with van der Waals surface area (Å²) in [6, 6.07) is 3.71. The van der Waals surface area contributed by atoms with Crippen LogP contribution in [0.1, 0.15) is 13.3 Å². The summed E-state index contributed by atoms with van der Waals surface area (Å²) >= 11 is 0. The predicted octanol–water partition coefficient (Wildman–Crippen LogP) is 1.63. The fourth-order valence-corrected chi connectivity index (χ4v) is 1.15. The van der Waals surface area contributed by atoms with E-state index in [2.05, 4.69) is 11.9 Å². The van der Waals surface area contributed by atoms with Gasteiger partial charge in [-0.25, -0.2) is 4.98 Å². The summed E-state index contributed by atoms with van der Waals surface area (Å²) in [6.45, 7) is 2.71. The normalized spacial score (nSPS) is 20.6. The quantitative estimate of drug-likeness (QED) is 0.633. The monoisotopic (exact) mass is 165 g/mol. The first kappa shape index (κ1) is 7.40. The van der Waals surface area contributed by atoms with Crippen LogP contribution < -0.4 is 9.47 Å². The first-order valence-electron chi connectivity index (χ1n) is 4.14. The van der Waals surface area contributed by atoms with Crippen molar-refractivity contribution >= 4 is 0 Å². The van der Waals surface area contributed by atoms with Crippen molar-refractivity contribution in [2.24, 2.45) is 0 Å². The second-order valence-corrected chi connectivity index (χ2v) is 2.77. The number of fused-ring (bicyclic) bond motifs is 1. The van der Waals surface area contributed by atoms with Gasteiger partial charge in [-0.15, -0.1) is 0 Å². The Morgan fingerprint density at radius 2 is 2.58 bits per heavy atom.